The number of nitrogens with zero attached hydrogens (tertiary/aromatic N) is 5. The van der Waals surface area contributed by atoms with Crippen molar-refractivity contribution in [1.82, 2.24) is 19.7 Å². The minimum absolute atomic E-state index is 0.0609. The zero-order valence-electron chi connectivity index (χ0n) is 17.3. The molecule has 1 atom stereocenters. The first-order chi connectivity index (χ1) is 14.2. The van der Waals surface area contributed by atoms with Crippen molar-refractivity contribution in [3.8, 4) is 0 Å². The molecule has 2 aromatic heterocycles. The Morgan fingerprint density at radius 2 is 1.90 bits per heavy atom. The van der Waals surface area contributed by atoms with Gasteiger partial charge in [0.05, 0.1) is 23.8 Å². The van der Waals surface area contributed by atoms with E-state index < -0.39 is 12.2 Å². The Morgan fingerprint density at radius 3 is 2.63 bits per heavy atom. The molecule has 30 heavy (non-hydrogen) atoms. The third-order valence-electron chi connectivity index (χ3n) is 5.46. The first kappa shape index (κ1) is 20.4. The van der Waals surface area contributed by atoms with Gasteiger partial charge in [0.1, 0.15) is 5.82 Å². The molecule has 0 spiro atoms. The number of alkyl halides is 2. The van der Waals surface area contributed by atoms with Gasteiger partial charge in [0.2, 0.25) is 0 Å². The van der Waals surface area contributed by atoms with Gasteiger partial charge < -0.3 is 4.90 Å². The molecule has 1 aliphatic rings. The Hall–Kier alpha value is -2.90. The van der Waals surface area contributed by atoms with E-state index in [9.17, 15) is 13.6 Å². The molecule has 1 saturated heterocycles. The normalized spacial score (nSPS) is 17.3. The van der Waals surface area contributed by atoms with Gasteiger partial charge in [-0.15, -0.1) is 0 Å². The van der Waals surface area contributed by atoms with Gasteiger partial charge in [0.25, 0.3) is 12.0 Å². The van der Waals surface area contributed by atoms with Crippen LogP contribution in [0.1, 0.15) is 51.6 Å². The van der Waals surface area contributed by atoms with Crippen LogP contribution in [0.25, 0.3) is 10.9 Å². The van der Waals surface area contributed by atoms with Crippen LogP contribution in [-0.4, -0.2) is 32.3 Å². The Labute approximate surface area is 173 Å². The van der Waals surface area contributed by atoms with Gasteiger partial charge in [-0.25, -0.2) is 23.4 Å². The molecule has 4 rings (SSSR count). The minimum Gasteiger partial charge on any atom is -0.351 e. The van der Waals surface area contributed by atoms with E-state index in [2.05, 4.69) is 15.1 Å². The van der Waals surface area contributed by atoms with Gasteiger partial charge in [0, 0.05) is 23.4 Å². The molecule has 0 amide bonds. The fourth-order valence-electron chi connectivity index (χ4n) is 3.88. The Morgan fingerprint density at radius 1 is 1.13 bits per heavy atom. The van der Waals surface area contributed by atoms with Crippen molar-refractivity contribution in [3.05, 3.63) is 58.3 Å². The van der Waals surface area contributed by atoms with Gasteiger partial charge in [-0.3, -0.25) is 4.79 Å². The van der Waals surface area contributed by atoms with Crippen molar-refractivity contribution in [3.63, 3.8) is 0 Å². The highest BCUT2D eigenvalue weighted by Crippen LogP contribution is 2.32. The number of fused-ring (bicyclic) bond motifs is 1. The molecule has 1 fully saturated rings. The topological polar surface area (TPSA) is 63.9 Å². The Bertz CT molecular complexity index is 1120. The van der Waals surface area contributed by atoms with E-state index in [0.717, 1.165) is 23.9 Å². The zero-order valence-corrected chi connectivity index (χ0v) is 17.3. The summed E-state index contributed by atoms with van der Waals surface area (Å²) in [6.45, 7) is 7.20. The van der Waals surface area contributed by atoms with E-state index in [0.29, 0.717) is 24.4 Å². The molecular weight excluding hydrogens is 388 g/mol. The summed E-state index contributed by atoms with van der Waals surface area (Å²) in [5.74, 6) is 0.0257. The first-order valence-corrected chi connectivity index (χ1v) is 10.1. The second kappa shape index (κ2) is 7.74. The van der Waals surface area contributed by atoms with Crippen molar-refractivity contribution in [1.29, 1.82) is 0 Å². The number of aromatic nitrogens is 4. The van der Waals surface area contributed by atoms with Crippen molar-refractivity contribution < 1.29 is 8.78 Å². The van der Waals surface area contributed by atoms with Crippen LogP contribution in [0.3, 0.4) is 0 Å². The summed E-state index contributed by atoms with van der Waals surface area (Å²) in [4.78, 5) is 22.7. The lowest BCUT2D eigenvalue weighted by atomic mass is 9.92. The van der Waals surface area contributed by atoms with Crippen molar-refractivity contribution in [2.75, 3.05) is 11.4 Å². The van der Waals surface area contributed by atoms with Crippen LogP contribution in [0, 0.1) is 0 Å². The van der Waals surface area contributed by atoms with Gasteiger partial charge in [-0.2, -0.15) is 5.10 Å². The van der Waals surface area contributed by atoms with Crippen LogP contribution in [-0.2, 0) is 12.0 Å². The van der Waals surface area contributed by atoms with Gasteiger partial charge >= 0.3 is 0 Å². The Balaban J connectivity index is 1.73. The van der Waals surface area contributed by atoms with Crippen LogP contribution < -0.4 is 10.5 Å². The lowest BCUT2D eigenvalue weighted by Crippen LogP contribution is -2.38. The number of hydrogen-bond acceptors (Lipinski definition) is 5. The fourth-order valence-corrected chi connectivity index (χ4v) is 3.88. The maximum atomic E-state index is 13.4. The SMILES string of the molecule is CC(C)(C)c1ccc(=O)n(CC2CCCN2c2nc(C(F)F)nc3ccccc23)n1. The summed E-state index contributed by atoms with van der Waals surface area (Å²) in [5.41, 5.74) is 0.975. The molecule has 158 valence electrons. The summed E-state index contributed by atoms with van der Waals surface area (Å²) < 4.78 is 28.3. The van der Waals surface area contributed by atoms with Gasteiger partial charge in [-0.05, 0) is 31.0 Å². The summed E-state index contributed by atoms with van der Waals surface area (Å²) in [5, 5.41) is 5.30. The van der Waals surface area contributed by atoms with E-state index >= 15 is 0 Å². The standard InChI is InChI=1S/C22H25F2N5O/c1-22(2,3)17-10-11-18(30)29(27-17)13-14-7-6-12-28(14)21-15-8-4-5-9-16(15)25-20(26-21)19(23)24/h4-5,8-11,14,19H,6-7,12-13H2,1-3H3. The summed E-state index contributed by atoms with van der Waals surface area (Å²) in [6, 6.07) is 10.4. The summed E-state index contributed by atoms with van der Waals surface area (Å²) in [7, 11) is 0. The number of hydrogen-bond donors (Lipinski definition) is 0. The monoisotopic (exact) mass is 413 g/mol. The van der Waals surface area contributed by atoms with E-state index in [1.807, 2.05) is 37.8 Å². The average Bonchev–Trinajstić information content (AvgIpc) is 3.15. The van der Waals surface area contributed by atoms with E-state index in [1.165, 1.54) is 4.68 Å². The molecule has 3 heterocycles. The summed E-state index contributed by atoms with van der Waals surface area (Å²) in [6.07, 6.45) is -1.03. The predicted molar refractivity (Wildman–Crippen MR) is 112 cm³/mol. The molecule has 1 aromatic carbocycles. The zero-order chi connectivity index (χ0) is 21.5. The lowest BCUT2D eigenvalue weighted by Gasteiger charge is -2.28. The van der Waals surface area contributed by atoms with Crippen LogP contribution in [0.2, 0.25) is 0 Å². The molecule has 0 saturated carbocycles. The third kappa shape index (κ3) is 3.91. The molecule has 0 radical (unpaired) electrons. The maximum Gasteiger partial charge on any atom is 0.297 e. The number of para-hydroxylation sites is 1. The van der Waals surface area contributed by atoms with E-state index in [4.69, 9.17) is 0 Å². The van der Waals surface area contributed by atoms with E-state index in [-0.39, 0.29) is 17.0 Å². The lowest BCUT2D eigenvalue weighted by molar-refractivity contribution is 0.141. The molecule has 0 bridgehead atoms. The number of anilines is 1. The Kier molecular flexibility index (Phi) is 5.26. The number of rotatable bonds is 4. The molecule has 3 aromatic rings. The molecule has 1 unspecified atom stereocenters. The second-order valence-electron chi connectivity index (χ2n) is 8.70. The predicted octanol–water partition coefficient (Wildman–Crippen LogP) is 4.09. The molecule has 6 nitrogen and oxygen atoms in total. The molecule has 8 heteroatoms. The van der Waals surface area contributed by atoms with Crippen molar-refractivity contribution in [2.45, 2.75) is 58.0 Å². The van der Waals surface area contributed by atoms with Crippen molar-refractivity contribution in [2.24, 2.45) is 0 Å². The highest BCUT2D eigenvalue weighted by atomic mass is 19.3. The van der Waals surface area contributed by atoms with E-state index in [1.54, 1.807) is 24.3 Å². The second-order valence-corrected chi connectivity index (χ2v) is 8.70. The third-order valence-corrected chi connectivity index (χ3v) is 5.46. The molecule has 1 aliphatic heterocycles. The highest BCUT2D eigenvalue weighted by Gasteiger charge is 2.30. The van der Waals surface area contributed by atoms with Crippen LogP contribution in [0.5, 0.6) is 0 Å². The van der Waals surface area contributed by atoms with Crippen LogP contribution in [0.15, 0.2) is 41.2 Å². The highest BCUT2D eigenvalue weighted by molar-refractivity contribution is 5.89. The largest absolute Gasteiger partial charge is 0.351 e. The average molecular weight is 413 g/mol. The molecular formula is C22H25F2N5O. The molecule has 0 N–H and O–H groups in total. The quantitative estimate of drug-likeness (QED) is 0.645. The van der Waals surface area contributed by atoms with Crippen molar-refractivity contribution >= 4 is 16.7 Å². The summed E-state index contributed by atoms with van der Waals surface area (Å²) >= 11 is 0. The maximum absolute atomic E-state index is 13.4. The first-order valence-electron chi connectivity index (χ1n) is 10.1. The fraction of sp³-hybridized carbons (Fsp3) is 0.455. The number of halogens is 2. The smallest absolute Gasteiger partial charge is 0.297 e. The van der Waals surface area contributed by atoms with Gasteiger partial charge in [-0.1, -0.05) is 32.9 Å². The number of benzene rings is 1. The van der Waals surface area contributed by atoms with Gasteiger partial charge in [0.15, 0.2) is 5.82 Å². The molecule has 0 aliphatic carbocycles. The van der Waals surface area contributed by atoms with Crippen LogP contribution >= 0.6 is 0 Å². The van der Waals surface area contributed by atoms with Crippen LogP contribution in [0.4, 0.5) is 14.6 Å². The minimum atomic E-state index is -2.75.